The second-order valence-electron chi connectivity index (χ2n) is 2.38. The van der Waals surface area contributed by atoms with Gasteiger partial charge >= 0.3 is 0 Å². The highest BCUT2D eigenvalue weighted by Gasteiger charge is 2.44. The molecule has 0 spiro atoms. The zero-order valence-electron chi connectivity index (χ0n) is 5.22. The third-order valence-electron chi connectivity index (χ3n) is 1.70. The third-order valence-corrected chi connectivity index (χ3v) is 1.70. The summed E-state index contributed by atoms with van der Waals surface area (Å²) in [4.78, 5) is 0. The van der Waals surface area contributed by atoms with E-state index in [2.05, 4.69) is 0 Å². The molecule has 1 saturated heterocycles. The first-order chi connectivity index (χ1) is 4.21. The van der Waals surface area contributed by atoms with Crippen LogP contribution >= 0.6 is 0 Å². The molecule has 0 radical (unpaired) electrons. The van der Waals surface area contributed by atoms with Crippen molar-refractivity contribution in [1.82, 2.24) is 0 Å². The van der Waals surface area contributed by atoms with Crippen LogP contribution in [0.3, 0.4) is 0 Å². The van der Waals surface area contributed by atoms with E-state index >= 15 is 0 Å². The minimum absolute atomic E-state index is 0.251. The molecule has 1 atom stereocenters. The molecule has 0 aromatic carbocycles. The van der Waals surface area contributed by atoms with Gasteiger partial charge in [-0.25, -0.2) is 4.39 Å². The molecule has 1 unspecified atom stereocenters. The molecule has 0 saturated carbocycles. The van der Waals surface area contributed by atoms with Crippen molar-refractivity contribution in [3.63, 3.8) is 0 Å². The van der Waals surface area contributed by atoms with Crippen molar-refractivity contribution in [2.75, 3.05) is 13.2 Å². The average molecular weight is 129 g/mol. The largest absolute Gasteiger partial charge is 0.378 e. The molecule has 1 fully saturated rings. The number of alkyl halides is 1. The second-order valence-corrected chi connectivity index (χ2v) is 2.38. The summed E-state index contributed by atoms with van der Waals surface area (Å²) in [5.41, 5.74) is -0.819. The molecule has 1 aliphatic rings. The van der Waals surface area contributed by atoms with Gasteiger partial charge in [-0.05, 0) is 6.92 Å². The van der Waals surface area contributed by atoms with E-state index < -0.39 is 11.6 Å². The Hall–Kier alpha value is -0.620. The molecule has 3 heteroatoms. The highest BCUT2D eigenvalue weighted by atomic mass is 19.1. The maximum atomic E-state index is 12.5. The number of rotatable bonds is 1. The fourth-order valence-corrected chi connectivity index (χ4v) is 0.705. The van der Waals surface area contributed by atoms with Gasteiger partial charge in [0.1, 0.15) is 11.6 Å². The number of nitriles is 1. The number of hydrogen-bond donors (Lipinski definition) is 0. The van der Waals surface area contributed by atoms with E-state index in [0.717, 1.165) is 0 Å². The van der Waals surface area contributed by atoms with E-state index in [9.17, 15) is 4.39 Å². The van der Waals surface area contributed by atoms with E-state index in [1.54, 1.807) is 0 Å². The monoisotopic (exact) mass is 129 g/mol. The van der Waals surface area contributed by atoms with Crippen molar-refractivity contribution >= 4 is 0 Å². The quantitative estimate of drug-likeness (QED) is 0.526. The Balaban J connectivity index is 2.60. The predicted octanol–water partition coefficient (Wildman–Crippen LogP) is 0.885. The van der Waals surface area contributed by atoms with Crippen LogP contribution in [0.25, 0.3) is 0 Å². The van der Waals surface area contributed by atoms with Crippen molar-refractivity contribution in [2.24, 2.45) is 5.41 Å². The summed E-state index contributed by atoms with van der Waals surface area (Å²) >= 11 is 0. The van der Waals surface area contributed by atoms with Gasteiger partial charge in [-0.2, -0.15) is 5.26 Å². The number of halogens is 1. The van der Waals surface area contributed by atoms with E-state index in [-0.39, 0.29) is 13.2 Å². The van der Waals surface area contributed by atoms with Crippen LogP contribution in [0.4, 0.5) is 4.39 Å². The SMILES string of the molecule is CC(F)C1(C#N)COC1. The summed E-state index contributed by atoms with van der Waals surface area (Å²) in [6.45, 7) is 1.90. The Bertz CT molecular complexity index is 146. The smallest absolute Gasteiger partial charge is 0.134 e. The van der Waals surface area contributed by atoms with Gasteiger partial charge in [0.2, 0.25) is 0 Å². The second kappa shape index (κ2) is 1.96. The molecule has 50 valence electrons. The highest BCUT2D eigenvalue weighted by Crippen LogP contribution is 2.32. The van der Waals surface area contributed by atoms with E-state index in [0.29, 0.717) is 0 Å². The van der Waals surface area contributed by atoms with Crippen molar-refractivity contribution in [3.05, 3.63) is 0 Å². The summed E-state index contributed by atoms with van der Waals surface area (Å²) < 4.78 is 17.2. The van der Waals surface area contributed by atoms with Crippen molar-refractivity contribution in [3.8, 4) is 6.07 Å². The lowest BCUT2D eigenvalue weighted by atomic mass is 9.83. The summed E-state index contributed by atoms with van der Waals surface area (Å²) in [6.07, 6.45) is -1.07. The molecule has 0 amide bonds. The van der Waals surface area contributed by atoms with Crippen molar-refractivity contribution in [1.29, 1.82) is 5.26 Å². The van der Waals surface area contributed by atoms with Crippen LogP contribution in [0.5, 0.6) is 0 Å². The van der Waals surface area contributed by atoms with Gasteiger partial charge < -0.3 is 4.74 Å². The zero-order chi connectivity index (χ0) is 6.91. The fourth-order valence-electron chi connectivity index (χ4n) is 0.705. The summed E-state index contributed by atoms with van der Waals surface area (Å²) in [5, 5.41) is 8.44. The molecular formula is C6H8FNO. The molecule has 0 N–H and O–H groups in total. The molecule has 0 aromatic heterocycles. The summed E-state index contributed by atoms with van der Waals surface area (Å²) in [7, 11) is 0. The van der Waals surface area contributed by atoms with Gasteiger partial charge in [0.05, 0.1) is 19.3 Å². The first-order valence-corrected chi connectivity index (χ1v) is 2.84. The maximum Gasteiger partial charge on any atom is 0.134 e. The third kappa shape index (κ3) is 0.796. The molecule has 0 aromatic rings. The molecular weight excluding hydrogens is 121 g/mol. The van der Waals surface area contributed by atoms with Gasteiger partial charge in [-0.3, -0.25) is 0 Å². The molecule has 1 aliphatic heterocycles. The lowest BCUT2D eigenvalue weighted by Crippen LogP contribution is -2.47. The molecule has 1 heterocycles. The Kier molecular flexibility index (Phi) is 1.42. The molecule has 2 nitrogen and oxygen atoms in total. The Morgan fingerprint density at radius 2 is 2.33 bits per heavy atom. The van der Waals surface area contributed by atoms with E-state index in [1.807, 2.05) is 6.07 Å². The number of nitrogens with zero attached hydrogens (tertiary/aromatic N) is 1. The topological polar surface area (TPSA) is 33.0 Å². The van der Waals surface area contributed by atoms with Gasteiger partial charge in [-0.15, -0.1) is 0 Å². The first kappa shape index (κ1) is 6.50. The standard InChI is InChI=1S/C6H8FNO/c1-5(7)6(2-8)3-9-4-6/h5H,3-4H2,1H3. The van der Waals surface area contributed by atoms with E-state index in [1.165, 1.54) is 6.92 Å². The van der Waals surface area contributed by atoms with Crippen LogP contribution in [0.2, 0.25) is 0 Å². The molecule has 0 aliphatic carbocycles. The molecule has 0 bridgehead atoms. The first-order valence-electron chi connectivity index (χ1n) is 2.84. The Morgan fingerprint density at radius 3 is 2.33 bits per heavy atom. The maximum absolute atomic E-state index is 12.5. The average Bonchev–Trinajstić information content (AvgIpc) is 1.62. The minimum Gasteiger partial charge on any atom is -0.378 e. The highest BCUT2D eigenvalue weighted by molar-refractivity contribution is 5.07. The fraction of sp³-hybridized carbons (Fsp3) is 0.833. The Morgan fingerprint density at radius 1 is 1.78 bits per heavy atom. The van der Waals surface area contributed by atoms with Crippen LogP contribution in [0.1, 0.15) is 6.92 Å². The lowest BCUT2D eigenvalue weighted by Gasteiger charge is -2.35. The lowest BCUT2D eigenvalue weighted by molar-refractivity contribution is -0.111. The van der Waals surface area contributed by atoms with Crippen LogP contribution in [0, 0.1) is 16.7 Å². The van der Waals surface area contributed by atoms with Crippen LogP contribution < -0.4 is 0 Å². The zero-order valence-corrected chi connectivity index (χ0v) is 5.22. The van der Waals surface area contributed by atoms with Gasteiger partial charge in [0.25, 0.3) is 0 Å². The summed E-state index contributed by atoms with van der Waals surface area (Å²) in [6, 6.07) is 1.91. The predicted molar refractivity (Wildman–Crippen MR) is 29.4 cm³/mol. The van der Waals surface area contributed by atoms with Crippen LogP contribution in [0.15, 0.2) is 0 Å². The Labute approximate surface area is 53.2 Å². The van der Waals surface area contributed by atoms with Crippen molar-refractivity contribution < 1.29 is 9.13 Å². The number of ether oxygens (including phenoxy) is 1. The molecule has 9 heavy (non-hydrogen) atoms. The minimum atomic E-state index is -1.07. The summed E-state index contributed by atoms with van der Waals surface area (Å²) in [5.74, 6) is 0. The van der Waals surface area contributed by atoms with Gasteiger partial charge in [0.15, 0.2) is 0 Å². The van der Waals surface area contributed by atoms with Crippen LogP contribution in [-0.2, 0) is 4.74 Å². The normalized spacial score (nSPS) is 25.9. The molecule has 1 rings (SSSR count). The van der Waals surface area contributed by atoms with Gasteiger partial charge in [-0.1, -0.05) is 0 Å². The van der Waals surface area contributed by atoms with Crippen molar-refractivity contribution in [2.45, 2.75) is 13.1 Å². The number of hydrogen-bond acceptors (Lipinski definition) is 2. The van der Waals surface area contributed by atoms with Crippen LogP contribution in [-0.4, -0.2) is 19.4 Å². The van der Waals surface area contributed by atoms with E-state index in [4.69, 9.17) is 10.00 Å². The van der Waals surface area contributed by atoms with Gasteiger partial charge in [0, 0.05) is 0 Å².